The minimum Gasteiger partial charge on any atom is -0.299 e. The standard InChI is InChI=1S/C16H18ClNO.ClH/c17-11-3-1-10(2-4-11)13-9-12-5-6-14-16(13)15(19)7-8-18(12)14;/h1-4,12-14,16H,5-9H2;1H. The Hall–Kier alpha value is -0.570. The van der Waals surface area contributed by atoms with Crippen LogP contribution in [0.3, 0.4) is 0 Å². The lowest BCUT2D eigenvalue weighted by atomic mass is 9.71. The molecule has 3 aliphatic rings. The van der Waals surface area contributed by atoms with Gasteiger partial charge in [-0.2, -0.15) is 0 Å². The van der Waals surface area contributed by atoms with Crippen molar-refractivity contribution in [3.8, 4) is 0 Å². The molecule has 4 heteroatoms. The molecule has 0 N–H and O–H groups in total. The summed E-state index contributed by atoms with van der Waals surface area (Å²) in [6.45, 7) is 0.998. The van der Waals surface area contributed by atoms with Crippen LogP contribution >= 0.6 is 24.0 Å². The molecule has 2 nitrogen and oxygen atoms in total. The van der Waals surface area contributed by atoms with Crippen LogP contribution < -0.4 is 0 Å². The molecule has 3 fully saturated rings. The number of nitrogens with zero attached hydrogens (tertiary/aromatic N) is 1. The van der Waals surface area contributed by atoms with E-state index in [0.29, 0.717) is 23.8 Å². The monoisotopic (exact) mass is 311 g/mol. The molecule has 3 saturated heterocycles. The first-order chi connectivity index (χ1) is 9.24. The van der Waals surface area contributed by atoms with Crippen LogP contribution in [-0.4, -0.2) is 29.3 Å². The first kappa shape index (κ1) is 14.4. The Bertz CT molecular complexity index is 516. The number of benzene rings is 1. The Kier molecular flexibility index (Phi) is 3.83. The van der Waals surface area contributed by atoms with Crippen molar-refractivity contribution in [2.45, 2.75) is 43.7 Å². The zero-order valence-corrected chi connectivity index (χ0v) is 12.9. The van der Waals surface area contributed by atoms with E-state index in [4.69, 9.17) is 11.6 Å². The predicted molar refractivity (Wildman–Crippen MR) is 82.7 cm³/mol. The third kappa shape index (κ3) is 2.09. The normalized spacial score (nSPS) is 38.5. The smallest absolute Gasteiger partial charge is 0.139 e. The van der Waals surface area contributed by atoms with Crippen molar-refractivity contribution in [3.05, 3.63) is 34.9 Å². The van der Waals surface area contributed by atoms with Gasteiger partial charge in [-0.1, -0.05) is 23.7 Å². The van der Waals surface area contributed by atoms with Crippen LogP contribution in [0.5, 0.6) is 0 Å². The number of ketones is 1. The summed E-state index contributed by atoms with van der Waals surface area (Å²) in [5.41, 5.74) is 1.31. The molecule has 3 heterocycles. The average Bonchev–Trinajstić information content (AvgIpc) is 2.69. The van der Waals surface area contributed by atoms with Crippen LogP contribution in [0.25, 0.3) is 0 Å². The van der Waals surface area contributed by atoms with E-state index in [1.54, 1.807) is 0 Å². The summed E-state index contributed by atoms with van der Waals surface area (Å²) in [5.74, 6) is 1.13. The Labute approximate surface area is 130 Å². The fourth-order valence-corrected chi connectivity index (χ4v) is 4.69. The van der Waals surface area contributed by atoms with E-state index in [2.05, 4.69) is 17.0 Å². The summed E-state index contributed by atoms with van der Waals surface area (Å²) >= 11 is 5.98. The van der Waals surface area contributed by atoms with E-state index in [1.165, 1.54) is 18.4 Å². The highest BCUT2D eigenvalue weighted by molar-refractivity contribution is 6.30. The minimum absolute atomic E-state index is 0. The van der Waals surface area contributed by atoms with Gasteiger partial charge < -0.3 is 0 Å². The number of Topliss-reactive ketones (excluding diaryl/α,β-unsaturated/α-hetero) is 1. The molecule has 0 spiro atoms. The van der Waals surface area contributed by atoms with Gasteiger partial charge in [0.15, 0.2) is 0 Å². The molecule has 1 aromatic carbocycles. The number of hydrogen-bond acceptors (Lipinski definition) is 2. The van der Waals surface area contributed by atoms with E-state index in [0.717, 1.165) is 24.4 Å². The quantitative estimate of drug-likeness (QED) is 0.788. The maximum Gasteiger partial charge on any atom is 0.139 e. The van der Waals surface area contributed by atoms with Gasteiger partial charge in [-0.3, -0.25) is 9.69 Å². The van der Waals surface area contributed by atoms with E-state index < -0.39 is 0 Å². The first-order valence-corrected chi connectivity index (χ1v) is 7.66. The van der Waals surface area contributed by atoms with Crippen molar-refractivity contribution >= 4 is 29.8 Å². The fourth-order valence-electron chi connectivity index (χ4n) is 4.56. The van der Waals surface area contributed by atoms with Gasteiger partial charge in [0, 0.05) is 36.0 Å². The molecule has 0 aromatic heterocycles. The van der Waals surface area contributed by atoms with E-state index >= 15 is 0 Å². The molecule has 20 heavy (non-hydrogen) atoms. The summed E-state index contributed by atoms with van der Waals surface area (Å²) in [5, 5.41) is 0.777. The highest BCUT2D eigenvalue weighted by Gasteiger charge is 2.52. The Morgan fingerprint density at radius 3 is 2.65 bits per heavy atom. The number of piperidine rings is 2. The maximum atomic E-state index is 12.4. The average molecular weight is 312 g/mol. The molecular weight excluding hydrogens is 293 g/mol. The predicted octanol–water partition coefficient (Wildman–Crippen LogP) is 3.67. The zero-order valence-electron chi connectivity index (χ0n) is 11.3. The van der Waals surface area contributed by atoms with Crippen molar-refractivity contribution in [1.29, 1.82) is 0 Å². The number of hydrogen-bond donors (Lipinski definition) is 0. The fraction of sp³-hybridized carbons (Fsp3) is 0.562. The highest BCUT2D eigenvalue weighted by atomic mass is 35.5. The van der Waals surface area contributed by atoms with E-state index in [-0.39, 0.29) is 18.3 Å². The second-order valence-corrected chi connectivity index (χ2v) is 6.61. The SMILES string of the molecule is Cl.O=C1CCN2C3CCC2C1C(c1ccc(Cl)cc1)C3. The van der Waals surface area contributed by atoms with Crippen molar-refractivity contribution in [2.24, 2.45) is 5.92 Å². The number of halogens is 2. The largest absolute Gasteiger partial charge is 0.299 e. The first-order valence-electron chi connectivity index (χ1n) is 7.28. The third-order valence-corrected chi connectivity index (χ3v) is 5.60. The Morgan fingerprint density at radius 2 is 1.90 bits per heavy atom. The summed E-state index contributed by atoms with van der Waals surface area (Å²) in [6.07, 6.45) is 4.39. The summed E-state index contributed by atoms with van der Waals surface area (Å²) in [6, 6.07) is 9.36. The van der Waals surface area contributed by atoms with Crippen LogP contribution in [-0.2, 0) is 4.79 Å². The van der Waals surface area contributed by atoms with Crippen molar-refractivity contribution < 1.29 is 4.79 Å². The number of carbonyl (C=O) groups is 1. The second-order valence-electron chi connectivity index (χ2n) is 6.17. The molecule has 5 unspecified atom stereocenters. The van der Waals surface area contributed by atoms with Gasteiger partial charge in [0.05, 0.1) is 0 Å². The van der Waals surface area contributed by atoms with E-state index in [9.17, 15) is 4.79 Å². The van der Waals surface area contributed by atoms with Crippen LogP contribution in [0.4, 0.5) is 0 Å². The van der Waals surface area contributed by atoms with Gasteiger partial charge in [0.2, 0.25) is 0 Å². The molecule has 0 saturated carbocycles. The van der Waals surface area contributed by atoms with Crippen molar-refractivity contribution in [3.63, 3.8) is 0 Å². The molecule has 5 atom stereocenters. The van der Waals surface area contributed by atoms with Gasteiger partial charge in [-0.25, -0.2) is 0 Å². The molecular formula is C16H19Cl2NO. The van der Waals surface area contributed by atoms with Crippen LogP contribution in [0, 0.1) is 5.92 Å². The van der Waals surface area contributed by atoms with Gasteiger partial charge in [0.1, 0.15) is 5.78 Å². The third-order valence-electron chi connectivity index (χ3n) is 5.35. The Morgan fingerprint density at radius 1 is 1.15 bits per heavy atom. The lowest BCUT2D eigenvalue weighted by Crippen LogP contribution is -2.55. The van der Waals surface area contributed by atoms with Crippen molar-refractivity contribution in [2.75, 3.05) is 6.54 Å². The second kappa shape index (κ2) is 5.32. The van der Waals surface area contributed by atoms with Crippen LogP contribution in [0.2, 0.25) is 5.02 Å². The van der Waals surface area contributed by atoms with Gasteiger partial charge in [0.25, 0.3) is 0 Å². The molecule has 1 aromatic rings. The Balaban J connectivity index is 0.00000121. The minimum atomic E-state index is 0. The lowest BCUT2D eigenvalue weighted by Gasteiger charge is -2.47. The molecule has 3 aliphatic heterocycles. The zero-order chi connectivity index (χ0) is 13.0. The molecule has 4 bridgehead atoms. The van der Waals surface area contributed by atoms with Gasteiger partial charge >= 0.3 is 0 Å². The molecule has 4 rings (SSSR count). The summed E-state index contributed by atoms with van der Waals surface area (Å²) < 4.78 is 0. The van der Waals surface area contributed by atoms with Crippen LogP contribution in [0.1, 0.15) is 37.2 Å². The molecule has 0 aliphatic carbocycles. The lowest BCUT2D eigenvalue weighted by molar-refractivity contribution is -0.132. The summed E-state index contributed by atoms with van der Waals surface area (Å²) in [4.78, 5) is 15.0. The number of rotatable bonds is 1. The van der Waals surface area contributed by atoms with Gasteiger partial charge in [-0.15, -0.1) is 12.4 Å². The maximum absolute atomic E-state index is 12.4. The highest BCUT2D eigenvalue weighted by Crippen LogP contribution is 2.49. The van der Waals surface area contributed by atoms with Crippen molar-refractivity contribution in [1.82, 2.24) is 4.90 Å². The summed E-state index contributed by atoms with van der Waals surface area (Å²) in [7, 11) is 0. The van der Waals surface area contributed by atoms with Crippen LogP contribution in [0.15, 0.2) is 24.3 Å². The molecule has 0 radical (unpaired) electrons. The topological polar surface area (TPSA) is 20.3 Å². The van der Waals surface area contributed by atoms with E-state index in [1.807, 2.05) is 12.1 Å². The molecule has 108 valence electrons. The van der Waals surface area contributed by atoms with Gasteiger partial charge in [-0.05, 0) is 42.9 Å². The number of carbonyl (C=O) groups excluding carboxylic acids is 1. The molecule has 0 amide bonds.